The highest BCUT2D eigenvalue weighted by atomic mass is 16.6. The molecule has 0 bridgehead atoms. The summed E-state index contributed by atoms with van der Waals surface area (Å²) in [6.45, 7) is 5.16. The highest BCUT2D eigenvalue weighted by Crippen LogP contribution is 2.43. The number of hydrogen-bond acceptors (Lipinski definition) is 6. The molecule has 0 aromatic heterocycles. The van der Waals surface area contributed by atoms with Crippen LogP contribution in [0.15, 0.2) is 42.0 Å². The second kappa shape index (κ2) is 8.94. The van der Waals surface area contributed by atoms with Crippen LogP contribution in [-0.4, -0.2) is 48.6 Å². The van der Waals surface area contributed by atoms with Crippen LogP contribution in [0.5, 0.6) is 17.2 Å². The van der Waals surface area contributed by atoms with E-state index in [1.165, 1.54) is 0 Å². The summed E-state index contributed by atoms with van der Waals surface area (Å²) >= 11 is 0. The number of unbranched alkanes of at least 4 members (excludes halogenated alkanes) is 1. The van der Waals surface area contributed by atoms with E-state index < -0.39 is 17.7 Å². The quantitative estimate of drug-likeness (QED) is 0.418. The lowest BCUT2D eigenvalue weighted by Gasteiger charge is -2.27. The fourth-order valence-corrected chi connectivity index (χ4v) is 4.19. The summed E-state index contributed by atoms with van der Waals surface area (Å²) in [7, 11) is 1.56. The maximum Gasteiger partial charge on any atom is 0.295 e. The number of likely N-dealkylation sites (tertiary alicyclic amines) is 1. The van der Waals surface area contributed by atoms with Crippen molar-refractivity contribution in [3.05, 3.63) is 58.7 Å². The zero-order valence-corrected chi connectivity index (χ0v) is 18.5. The molecule has 2 aromatic rings. The number of fused-ring (bicyclic) bond motifs is 1. The van der Waals surface area contributed by atoms with E-state index in [9.17, 15) is 14.7 Å². The fraction of sp³-hybridized carbons (Fsp3) is 0.360. The fourth-order valence-electron chi connectivity index (χ4n) is 4.19. The van der Waals surface area contributed by atoms with E-state index in [0.717, 1.165) is 18.4 Å². The van der Waals surface area contributed by atoms with Gasteiger partial charge in [0.05, 0.1) is 18.7 Å². The number of ketones is 1. The van der Waals surface area contributed by atoms with Gasteiger partial charge in [-0.05, 0) is 54.8 Å². The van der Waals surface area contributed by atoms with Crippen LogP contribution < -0.4 is 14.2 Å². The number of carbonyl (C=O) groups excluding carboxylic acids is 2. The topological polar surface area (TPSA) is 85.3 Å². The van der Waals surface area contributed by atoms with Crippen LogP contribution in [0.1, 0.15) is 42.5 Å². The molecule has 0 radical (unpaired) electrons. The molecule has 2 heterocycles. The van der Waals surface area contributed by atoms with E-state index in [0.29, 0.717) is 48.1 Å². The summed E-state index contributed by atoms with van der Waals surface area (Å²) in [4.78, 5) is 27.6. The predicted octanol–water partition coefficient (Wildman–Crippen LogP) is 4.00. The van der Waals surface area contributed by atoms with Gasteiger partial charge in [-0.25, -0.2) is 0 Å². The maximum absolute atomic E-state index is 13.1. The Hall–Kier alpha value is -3.48. The molecule has 2 aliphatic heterocycles. The van der Waals surface area contributed by atoms with Crippen LogP contribution in [0.3, 0.4) is 0 Å². The van der Waals surface area contributed by atoms with Crippen molar-refractivity contribution in [2.24, 2.45) is 0 Å². The SMILES string of the molecule is CCCCN1C(=O)C(=O)/C(=C(/O)c2ccc(OC)cc2C)C1c1ccc2c(c1)OCCO2. The van der Waals surface area contributed by atoms with Gasteiger partial charge in [0.15, 0.2) is 11.5 Å². The van der Waals surface area contributed by atoms with Gasteiger partial charge in [0.2, 0.25) is 0 Å². The Balaban J connectivity index is 1.86. The molecule has 0 saturated carbocycles. The Bertz CT molecular complexity index is 1090. The predicted molar refractivity (Wildman–Crippen MR) is 119 cm³/mol. The standard InChI is InChI=1S/C25H27NO6/c1-4-5-10-26-22(16-6-9-19-20(14-16)32-12-11-31-19)21(24(28)25(26)29)23(27)18-8-7-17(30-3)13-15(18)2/h6-9,13-14,22,27H,4-5,10-12H2,1-3H3/b23-21+. The van der Waals surface area contributed by atoms with Crippen LogP contribution in [-0.2, 0) is 9.59 Å². The highest BCUT2D eigenvalue weighted by molar-refractivity contribution is 6.46. The van der Waals surface area contributed by atoms with Crippen molar-refractivity contribution in [1.82, 2.24) is 4.90 Å². The first-order chi connectivity index (χ1) is 15.5. The minimum Gasteiger partial charge on any atom is -0.507 e. The lowest BCUT2D eigenvalue weighted by Crippen LogP contribution is -2.30. The number of rotatable bonds is 6. The molecule has 168 valence electrons. The number of benzene rings is 2. The lowest BCUT2D eigenvalue weighted by molar-refractivity contribution is -0.139. The van der Waals surface area contributed by atoms with Crippen molar-refractivity contribution >= 4 is 17.4 Å². The Morgan fingerprint density at radius 2 is 1.88 bits per heavy atom. The average Bonchev–Trinajstić information content (AvgIpc) is 3.06. The largest absolute Gasteiger partial charge is 0.507 e. The molecule has 0 aliphatic carbocycles. The number of ether oxygens (including phenoxy) is 3. The summed E-state index contributed by atoms with van der Waals surface area (Å²) in [6.07, 6.45) is 1.62. The number of aliphatic hydroxyl groups excluding tert-OH is 1. The molecule has 1 saturated heterocycles. The van der Waals surface area contributed by atoms with Crippen molar-refractivity contribution in [2.75, 3.05) is 26.9 Å². The van der Waals surface area contributed by atoms with E-state index in [2.05, 4.69) is 0 Å². The summed E-state index contributed by atoms with van der Waals surface area (Å²) < 4.78 is 16.6. The Morgan fingerprint density at radius 3 is 2.56 bits per heavy atom. The number of aryl methyl sites for hydroxylation is 1. The molecule has 2 aliphatic rings. The number of Topliss-reactive ketones (excluding diaryl/α,β-unsaturated/α-hetero) is 1. The van der Waals surface area contributed by atoms with E-state index >= 15 is 0 Å². The third-order valence-corrected chi connectivity index (χ3v) is 5.86. The molecule has 7 heteroatoms. The summed E-state index contributed by atoms with van der Waals surface area (Å²) in [5.41, 5.74) is 2.00. The molecule has 1 atom stereocenters. The molecule has 1 fully saturated rings. The Kier molecular flexibility index (Phi) is 6.08. The smallest absolute Gasteiger partial charge is 0.295 e. The van der Waals surface area contributed by atoms with Gasteiger partial charge in [0, 0.05) is 12.1 Å². The molecule has 7 nitrogen and oxygen atoms in total. The number of aliphatic hydroxyl groups is 1. The monoisotopic (exact) mass is 437 g/mol. The van der Waals surface area contributed by atoms with E-state index in [1.807, 2.05) is 19.9 Å². The van der Waals surface area contributed by atoms with Gasteiger partial charge in [-0.2, -0.15) is 0 Å². The van der Waals surface area contributed by atoms with Gasteiger partial charge < -0.3 is 24.2 Å². The molecule has 32 heavy (non-hydrogen) atoms. The van der Waals surface area contributed by atoms with Crippen LogP contribution in [0, 0.1) is 6.92 Å². The van der Waals surface area contributed by atoms with Gasteiger partial charge in [-0.1, -0.05) is 19.4 Å². The van der Waals surface area contributed by atoms with Crippen LogP contribution in [0.25, 0.3) is 5.76 Å². The van der Waals surface area contributed by atoms with Crippen molar-refractivity contribution in [3.8, 4) is 17.2 Å². The van der Waals surface area contributed by atoms with Crippen molar-refractivity contribution in [1.29, 1.82) is 0 Å². The minimum absolute atomic E-state index is 0.0797. The first-order valence-corrected chi connectivity index (χ1v) is 10.8. The third kappa shape index (κ3) is 3.79. The second-order valence-electron chi connectivity index (χ2n) is 7.93. The molecule has 1 N–H and O–H groups in total. The van der Waals surface area contributed by atoms with Gasteiger partial charge in [0.25, 0.3) is 11.7 Å². The second-order valence-corrected chi connectivity index (χ2v) is 7.93. The van der Waals surface area contributed by atoms with Crippen molar-refractivity contribution < 1.29 is 28.9 Å². The molecule has 2 aromatic carbocycles. The number of carbonyl (C=O) groups is 2. The zero-order chi connectivity index (χ0) is 22.8. The highest BCUT2D eigenvalue weighted by Gasteiger charge is 2.46. The zero-order valence-electron chi connectivity index (χ0n) is 18.5. The van der Waals surface area contributed by atoms with Gasteiger partial charge in [0.1, 0.15) is 24.7 Å². The molecule has 4 rings (SSSR count). The number of hydrogen-bond donors (Lipinski definition) is 1. The molecular weight excluding hydrogens is 410 g/mol. The van der Waals surface area contributed by atoms with Gasteiger partial charge in [-0.3, -0.25) is 9.59 Å². The van der Waals surface area contributed by atoms with Gasteiger partial charge >= 0.3 is 0 Å². The minimum atomic E-state index is -0.709. The average molecular weight is 437 g/mol. The molecule has 1 amide bonds. The molecule has 0 spiro atoms. The number of methoxy groups -OCH3 is 1. The number of amides is 1. The van der Waals surface area contributed by atoms with Crippen molar-refractivity contribution in [2.45, 2.75) is 32.7 Å². The van der Waals surface area contributed by atoms with E-state index in [4.69, 9.17) is 14.2 Å². The van der Waals surface area contributed by atoms with Gasteiger partial charge in [-0.15, -0.1) is 0 Å². The van der Waals surface area contributed by atoms with Crippen LogP contribution in [0.4, 0.5) is 0 Å². The number of nitrogens with zero attached hydrogens (tertiary/aromatic N) is 1. The summed E-state index contributed by atoms with van der Waals surface area (Å²) in [5, 5.41) is 11.2. The first-order valence-electron chi connectivity index (χ1n) is 10.8. The van der Waals surface area contributed by atoms with E-state index in [-0.39, 0.29) is 11.3 Å². The summed E-state index contributed by atoms with van der Waals surface area (Å²) in [6, 6.07) is 9.87. The van der Waals surface area contributed by atoms with Crippen LogP contribution in [0.2, 0.25) is 0 Å². The van der Waals surface area contributed by atoms with E-state index in [1.54, 1.807) is 42.3 Å². The third-order valence-electron chi connectivity index (χ3n) is 5.86. The lowest BCUT2D eigenvalue weighted by atomic mass is 9.93. The summed E-state index contributed by atoms with van der Waals surface area (Å²) in [5.74, 6) is 0.347. The Morgan fingerprint density at radius 1 is 1.12 bits per heavy atom. The maximum atomic E-state index is 13.1. The normalized spacial score (nSPS) is 19.3. The molecule has 1 unspecified atom stereocenters. The Labute approximate surface area is 187 Å². The molecular formula is C25H27NO6. The first kappa shape index (κ1) is 21.7. The van der Waals surface area contributed by atoms with Crippen molar-refractivity contribution in [3.63, 3.8) is 0 Å². The van der Waals surface area contributed by atoms with Crippen LogP contribution >= 0.6 is 0 Å².